The summed E-state index contributed by atoms with van der Waals surface area (Å²) in [4.78, 5) is 47.8. The van der Waals surface area contributed by atoms with Gasteiger partial charge < -0.3 is 15.5 Å². The summed E-state index contributed by atoms with van der Waals surface area (Å²) in [5.41, 5.74) is 1.46. The molecule has 0 aromatic heterocycles. The molecule has 0 atom stereocenters. The third kappa shape index (κ3) is 6.55. The van der Waals surface area contributed by atoms with E-state index in [0.29, 0.717) is 11.3 Å². The summed E-state index contributed by atoms with van der Waals surface area (Å²) in [6, 6.07) is 12.4. The lowest BCUT2D eigenvalue weighted by Gasteiger charge is -2.12. The molecule has 0 radical (unpaired) electrons. The van der Waals surface area contributed by atoms with E-state index in [4.69, 9.17) is 0 Å². The number of nitro benzene ring substituents is 1. The largest absolute Gasteiger partial charge is 0.349 e. The minimum atomic E-state index is -0.589. The molecule has 0 saturated heterocycles. The van der Waals surface area contributed by atoms with Crippen molar-refractivity contribution < 1.29 is 19.3 Å². The lowest BCUT2D eigenvalue weighted by atomic mass is 10.1. The summed E-state index contributed by atoms with van der Waals surface area (Å²) in [6.07, 6.45) is 1.60. The van der Waals surface area contributed by atoms with Crippen molar-refractivity contribution in [2.24, 2.45) is 0 Å². The Labute approximate surface area is 173 Å². The molecule has 0 unspecified atom stereocenters. The number of non-ortho nitro benzene ring substituents is 1. The van der Waals surface area contributed by atoms with E-state index in [-0.39, 0.29) is 23.7 Å². The molecule has 2 rings (SSSR count). The van der Waals surface area contributed by atoms with Gasteiger partial charge in [-0.2, -0.15) is 0 Å². The molecule has 0 fully saturated rings. The molecule has 0 aliphatic heterocycles. The summed E-state index contributed by atoms with van der Waals surface area (Å²) in [5, 5.41) is 16.0. The Balaban J connectivity index is 2.19. The zero-order valence-electron chi connectivity index (χ0n) is 16.8. The third-order valence-electron chi connectivity index (χ3n) is 4.01. The van der Waals surface area contributed by atoms with Gasteiger partial charge in [-0.1, -0.05) is 24.3 Å². The maximum absolute atomic E-state index is 12.6. The predicted molar refractivity (Wildman–Crippen MR) is 112 cm³/mol. The van der Waals surface area contributed by atoms with Crippen LogP contribution in [0.1, 0.15) is 18.1 Å². The van der Waals surface area contributed by atoms with Crippen molar-refractivity contribution in [3.8, 4) is 0 Å². The Morgan fingerprint density at radius 2 is 1.77 bits per heavy atom. The van der Waals surface area contributed by atoms with E-state index < -0.39 is 16.7 Å². The van der Waals surface area contributed by atoms with Gasteiger partial charge in [-0.3, -0.25) is 24.5 Å². The molecule has 0 aliphatic carbocycles. The van der Waals surface area contributed by atoms with Gasteiger partial charge in [0.05, 0.1) is 11.3 Å². The lowest BCUT2D eigenvalue weighted by Crippen LogP contribution is -2.29. The first-order valence-corrected chi connectivity index (χ1v) is 9.00. The van der Waals surface area contributed by atoms with Crippen LogP contribution in [-0.2, 0) is 20.8 Å². The highest BCUT2D eigenvalue weighted by molar-refractivity contribution is 6.08. The summed E-state index contributed by atoms with van der Waals surface area (Å²) in [7, 11) is 3.35. The number of benzene rings is 2. The minimum Gasteiger partial charge on any atom is -0.349 e. The Morgan fingerprint density at radius 1 is 1.10 bits per heavy atom. The zero-order valence-corrected chi connectivity index (χ0v) is 16.8. The second-order valence-electron chi connectivity index (χ2n) is 6.71. The van der Waals surface area contributed by atoms with Gasteiger partial charge in [-0.15, -0.1) is 0 Å². The minimum absolute atomic E-state index is 0.0420. The maximum atomic E-state index is 12.6. The van der Waals surface area contributed by atoms with E-state index in [1.807, 2.05) is 0 Å². The highest BCUT2D eigenvalue weighted by Crippen LogP contribution is 2.17. The van der Waals surface area contributed by atoms with Crippen LogP contribution in [0.4, 0.5) is 11.4 Å². The number of carbonyl (C=O) groups excluding carboxylic acids is 3. The van der Waals surface area contributed by atoms with E-state index in [9.17, 15) is 24.5 Å². The molecule has 2 aromatic carbocycles. The van der Waals surface area contributed by atoms with Crippen molar-refractivity contribution in [3.63, 3.8) is 0 Å². The standard InChI is InChI=1S/C21H22N4O5/c1-14(26)22-19(12-16-5-4-6-18(11-16)25(29)30)21(28)23-17-9-7-15(8-10-17)13-20(27)24(2)3/h4-12H,13H2,1-3H3,(H,22,26)(H,23,28)/b19-12-. The van der Waals surface area contributed by atoms with Crippen LogP contribution in [0.2, 0.25) is 0 Å². The van der Waals surface area contributed by atoms with Crippen LogP contribution in [0.25, 0.3) is 6.08 Å². The van der Waals surface area contributed by atoms with Crippen molar-refractivity contribution in [1.29, 1.82) is 0 Å². The van der Waals surface area contributed by atoms with Crippen molar-refractivity contribution in [2.45, 2.75) is 13.3 Å². The van der Waals surface area contributed by atoms with Crippen LogP contribution in [0, 0.1) is 10.1 Å². The first kappa shape index (κ1) is 22.3. The Bertz CT molecular complexity index is 997. The number of nitro groups is 1. The average Bonchev–Trinajstić information content (AvgIpc) is 2.68. The fourth-order valence-electron chi connectivity index (χ4n) is 2.48. The van der Waals surface area contributed by atoms with Gasteiger partial charge in [0.25, 0.3) is 11.6 Å². The molecular weight excluding hydrogens is 388 g/mol. The number of anilines is 1. The number of rotatable bonds is 7. The first-order valence-electron chi connectivity index (χ1n) is 9.00. The third-order valence-corrected chi connectivity index (χ3v) is 4.01. The predicted octanol–water partition coefficient (Wildman–Crippen LogP) is 2.34. The number of hydrogen-bond donors (Lipinski definition) is 2. The van der Waals surface area contributed by atoms with E-state index >= 15 is 0 Å². The van der Waals surface area contributed by atoms with Gasteiger partial charge in [-0.05, 0) is 29.3 Å². The van der Waals surface area contributed by atoms with E-state index in [0.717, 1.165) is 5.56 Å². The number of nitrogens with zero attached hydrogens (tertiary/aromatic N) is 2. The quantitative estimate of drug-likeness (QED) is 0.412. The molecule has 156 valence electrons. The van der Waals surface area contributed by atoms with Crippen molar-refractivity contribution in [3.05, 3.63) is 75.5 Å². The molecule has 30 heavy (non-hydrogen) atoms. The normalized spacial score (nSPS) is 10.8. The van der Waals surface area contributed by atoms with E-state index in [2.05, 4.69) is 10.6 Å². The number of hydrogen-bond acceptors (Lipinski definition) is 5. The molecule has 0 spiro atoms. The van der Waals surface area contributed by atoms with Gasteiger partial charge in [0.1, 0.15) is 5.70 Å². The van der Waals surface area contributed by atoms with Gasteiger partial charge in [0.2, 0.25) is 11.8 Å². The average molecular weight is 410 g/mol. The van der Waals surface area contributed by atoms with E-state index in [1.165, 1.54) is 36.1 Å². The molecule has 9 heteroatoms. The van der Waals surface area contributed by atoms with Crippen molar-refractivity contribution in [2.75, 3.05) is 19.4 Å². The molecule has 0 aliphatic rings. The highest BCUT2D eigenvalue weighted by Gasteiger charge is 2.13. The molecule has 2 aromatic rings. The molecule has 0 bridgehead atoms. The number of amides is 3. The van der Waals surface area contributed by atoms with Crippen LogP contribution in [0.5, 0.6) is 0 Å². The first-order chi connectivity index (χ1) is 14.2. The number of carbonyl (C=O) groups is 3. The van der Waals surface area contributed by atoms with Gasteiger partial charge in [-0.25, -0.2) is 0 Å². The SMILES string of the molecule is CC(=O)N/C(=C\c1cccc([N+](=O)[O-])c1)C(=O)Nc1ccc(CC(=O)N(C)C)cc1. The second kappa shape index (κ2) is 9.97. The Hall–Kier alpha value is -4.01. The highest BCUT2D eigenvalue weighted by atomic mass is 16.6. The molecular formula is C21H22N4O5. The fourth-order valence-corrected chi connectivity index (χ4v) is 2.48. The van der Waals surface area contributed by atoms with Gasteiger partial charge in [0, 0.05) is 38.8 Å². The summed E-state index contributed by atoms with van der Waals surface area (Å²) in [5.74, 6) is -1.09. The molecule has 9 nitrogen and oxygen atoms in total. The second-order valence-corrected chi connectivity index (χ2v) is 6.71. The molecule has 2 N–H and O–H groups in total. The fraction of sp³-hybridized carbons (Fsp3) is 0.190. The zero-order chi connectivity index (χ0) is 22.3. The topological polar surface area (TPSA) is 122 Å². The lowest BCUT2D eigenvalue weighted by molar-refractivity contribution is -0.384. The summed E-state index contributed by atoms with van der Waals surface area (Å²) >= 11 is 0. The molecule has 0 heterocycles. The Morgan fingerprint density at radius 3 is 2.33 bits per heavy atom. The van der Waals surface area contributed by atoms with Crippen molar-refractivity contribution in [1.82, 2.24) is 10.2 Å². The molecule has 0 saturated carbocycles. The van der Waals surface area contributed by atoms with Crippen LogP contribution in [0.3, 0.4) is 0 Å². The maximum Gasteiger partial charge on any atom is 0.272 e. The van der Waals surface area contributed by atoms with Crippen LogP contribution in [0.15, 0.2) is 54.2 Å². The molecule has 3 amide bonds. The van der Waals surface area contributed by atoms with Gasteiger partial charge in [0.15, 0.2) is 0 Å². The van der Waals surface area contributed by atoms with Crippen LogP contribution < -0.4 is 10.6 Å². The van der Waals surface area contributed by atoms with Crippen LogP contribution in [-0.4, -0.2) is 41.6 Å². The number of likely N-dealkylation sites (N-methyl/N-ethyl adjacent to an activating group) is 1. The summed E-state index contributed by atoms with van der Waals surface area (Å²) < 4.78 is 0. The summed E-state index contributed by atoms with van der Waals surface area (Å²) in [6.45, 7) is 1.26. The van der Waals surface area contributed by atoms with Crippen molar-refractivity contribution >= 4 is 35.2 Å². The monoisotopic (exact) mass is 410 g/mol. The smallest absolute Gasteiger partial charge is 0.272 e. The van der Waals surface area contributed by atoms with Crippen LogP contribution >= 0.6 is 0 Å². The Kier molecular flexibility index (Phi) is 7.40. The van der Waals surface area contributed by atoms with Gasteiger partial charge >= 0.3 is 0 Å². The number of nitrogens with one attached hydrogen (secondary N) is 2. The van der Waals surface area contributed by atoms with E-state index in [1.54, 1.807) is 44.4 Å².